The van der Waals surface area contributed by atoms with Crippen molar-refractivity contribution in [1.29, 1.82) is 0 Å². The second-order valence-electron chi connectivity index (χ2n) is 8.13. The molecule has 0 heterocycles. The van der Waals surface area contributed by atoms with Crippen LogP contribution in [0.4, 0.5) is 0 Å². The molecule has 5 rings (SSSR count). The molecule has 0 aliphatic rings. The van der Waals surface area contributed by atoms with E-state index >= 15 is 0 Å². The van der Waals surface area contributed by atoms with E-state index in [1.807, 2.05) is 24.3 Å². The van der Waals surface area contributed by atoms with Crippen molar-refractivity contribution in [2.45, 2.75) is 0 Å². The third-order valence-corrected chi connectivity index (χ3v) is 6.13. The van der Waals surface area contributed by atoms with Crippen LogP contribution in [0.15, 0.2) is 97.1 Å². The van der Waals surface area contributed by atoms with E-state index in [-0.39, 0.29) is 0 Å². The molecule has 0 atom stereocenters. The lowest BCUT2D eigenvalue weighted by molar-refractivity contribution is 0.414. The van der Waals surface area contributed by atoms with Gasteiger partial charge in [-0.15, -0.1) is 0 Å². The average molecular weight is 443 g/mol. The van der Waals surface area contributed by atoms with Crippen LogP contribution in [0.3, 0.4) is 0 Å². The topological polar surface area (TPSA) is 18.5 Å². The summed E-state index contributed by atoms with van der Waals surface area (Å²) in [6.07, 6.45) is 8.79. The summed E-state index contributed by atoms with van der Waals surface area (Å²) in [5, 5.41) is 4.95. The van der Waals surface area contributed by atoms with Crippen molar-refractivity contribution in [3.63, 3.8) is 0 Å². The van der Waals surface area contributed by atoms with E-state index in [0.717, 1.165) is 22.6 Å². The van der Waals surface area contributed by atoms with Gasteiger partial charge >= 0.3 is 0 Å². The maximum Gasteiger partial charge on any atom is 0.118 e. The van der Waals surface area contributed by atoms with Crippen molar-refractivity contribution in [3.8, 4) is 11.5 Å². The van der Waals surface area contributed by atoms with Gasteiger partial charge in [0.2, 0.25) is 0 Å². The van der Waals surface area contributed by atoms with Crippen molar-refractivity contribution >= 4 is 45.8 Å². The molecule has 5 aromatic carbocycles. The second-order valence-corrected chi connectivity index (χ2v) is 8.13. The lowest BCUT2D eigenvalue weighted by Crippen LogP contribution is -1.89. The van der Waals surface area contributed by atoms with Crippen LogP contribution in [0.1, 0.15) is 22.3 Å². The van der Waals surface area contributed by atoms with Gasteiger partial charge in [0.15, 0.2) is 0 Å². The molecule has 0 bridgehead atoms. The molecule has 2 nitrogen and oxygen atoms in total. The van der Waals surface area contributed by atoms with Gasteiger partial charge in [0.1, 0.15) is 11.5 Å². The Hall–Kier alpha value is -4.30. The highest BCUT2D eigenvalue weighted by Crippen LogP contribution is 2.35. The molecule has 0 aliphatic heterocycles. The zero-order valence-corrected chi connectivity index (χ0v) is 19.4. The highest BCUT2D eigenvalue weighted by atomic mass is 16.5. The van der Waals surface area contributed by atoms with Crippen molar-refractivity contribution < 1.29 is 9.47 Å². The van der Waals surface area contributed by atoms with Crippen LogP contribution in [0, 0.1) is 0 Å². The predicted molar refractivity (Wildman–Crippen MR) is 145 cm³/mol. The van der Waals surface area contributed by atoms with Crippen LogP contribution in [0.2, 0.25) is 0 Å². The lowest BCUT2D eigenvalue weighted by atomic mass is 9.91. The van der Waals surface area contributed by atoms with Crippen molar-refractivity contribution in [3.05, 3.63) is 119 Å². The molecule has 0 spiro atoms. The standard InChI is InChI=1S/C32H26O2/c1-33-25-17-11-23(12-18-25)15-21-31-27-7-3-5-9-29(27)32(30-10-6-4-8-28(30)31)22-16-24-13-19-26(34-2)20-14-24/h3-22H,1-2H3/b21-15+,22-16+. The average Bonchev–Trinajstić information content (AvgIpc) is 2.91. The van der Waals surface area contributed by atoms with Crippen molar-refractivity contribution in [1.82, 2.24) is 0 Å². The zero-order chi connectivity index (χ0) is 23.3. The molecular weight excluding hydrogens is 416 g/mol. The Kier molecular flexibility index (Phi) is 6.13. The fraction of sp³-hybridized carbons (Fsp3) is 0.0625. The zero-order valence-electron chi connectivity index (χ0n) is 19.4. The molecule has 0 aromatic heterocycles. The van der Waals surface area contributed by atoms with Gasteiger partial charge in [-0.1, -0.05) is 97.1 Å². The first-order chi connectivity index (χ1) is 16.8. The summed E-state index contributed by atoms with van der Waals surface area (Å²) in [6.45, 7) is 0. The first kappa shape index (κ1) is 21.5. The lowest BCUT2D eigenvalue weighted by Gasteiger charge is -2.13. The van der Waals surface area contributed by atoms with Gasteiger partial charge in [-0.2, -0.15) is 0 Å². The number of ether oxygens (including phenoxy) is 2. The van der Waals surface area contributed by atoms with E-state index in [2.05, 4.69) is 97.1 Å². The molecule has 34 heavy (non-hydrogen) atoms. The van der Waals surface area contributed by atoms with E-state index < -0.39 is 0 Å². The van der Waals surface area contributed by atoms with Crippen LogP contribution in [0.5, 0.6) is 11.5 Å². The molecule has 0 aliphatic carbocycles. The molecular formula is C32H26O2. The minimum absolute atomic E-state index is 0.862. The molecule has 0 amide bonds. The summed E-state index contributed by atoms with van der Waals surface area (Å²) in [5.74, 6) is 1.72. The van der Waals surface area contributed by atoms with Gasteiger partial charge < -0.3 is 9.47 Å². The van der Waals surface area contributed by atoms with Gasteiger partial charge in [-0.05, 0) is 68.1 Å². The maximum atomic E-state index is 5.29. The first-order valence-electron chi connectivity index (χ1n) is 11.3. The van der Waals surface area contributed by atoms with E-state index in [4.69, 9.17) is 9.47 Å². The first-order valence-corrected chi connectivity index (χ1v) is 11.3. The second kappa shape index (κ2) is 9.68. The Morgan fingerprint density at radius 1 is 0.412 bits per heavy atom. The summed E-state index contributed by atoms with van der Waals surface area (Å²) in [6, 6.07) is 33.5. The van der Waals surface area contributed by atoms with Gasteiger partial charge in [-0.3, -0.25) is 0 Å². The van der Waals surface area contributed by atoms with E-state index in [1.54, 1.807) is 14.2 Å². The van der Waals surface area contributed by atoms with Gasteiger partial charge in [0.25, 0.3) is 0 Å². The Labute approximate surface area is 200 Å². The van der Waals surface area contributed by atoms with Crippen LogP contribution in [0.25, 0.3) is 45.8 Å². The maximum absolute atomic E-state index is 5.29. The van der Waals surface area contributed by atoms with Crippen molar-refractivity contribution in [2.24, 2.45) is 0 Å². The highest BCUT2D eigenvalue weighted by Gasteiger charge is 2.10. The van der Waals surface area contributed by atoms with E-state index in [9.17, 15) is 0 Å². The Bertz CT molecular complexity index is 1320. The van der Waals surface area contributed by atoms with Crippen molar-refractivity contribution in [2.75, 3.05) is 14.2 Å². The van der Waals surface area contributed by atoms with Crippen LogP contribution in [-0.4, -0.2) is 14.2 Å². The summed E-state index contributed by atoms with van der Waals surface area (Å²) < 4.78 is 10.6. The Morgan fingerprint density at radius 2 is 0.735 bits per heavy atom. The monoisotopic (exact) mass is 442 g/mol. The molecule has 0 N–H and O–H groups in total. The third-order valence-electron chi connectivity index (χ3n) is 6.13. The number of hydrogen-bond donors (Lipinski definition) is 0. The van der Waals surface area contributed by atoms with Crippen LogP contribution in [-0.2, 0) is 0 Å². The normalized spacial score (nSPS) is 11.6. The summed E-state index contributed by atoms with van der Waals surface area (Å²) >= 11 is 0. The molecule has 5 aromatic rings. The quantitative estimate of drug-likeness (QED) is 0.194. The summed E-state index contributed by atoms with van der Waals surface area (Å²) in [7, 11) is 3.38. The molecule has 0 radical (unpaired) electrons. The molecule has 0 saturated carbocycles. The molecule has 2 heteroatoms. The molecule has 166 valence electrons. The van der Waals surface area contributed by atoms with E-state index in [1.165, 1.54) is 32.7 Å². The molecule has 0 saturated heterocycles. The van der Waals surface area contributed by atoms with Crippen LogP contribution < -0.4 is 9.47 Å². The number of rotatable bonds is 6. The summed E-state index contributed by atoms with van der Waals surface area (Å²) in [5.41, 5.74) is 4.72. The number of benzene rings is 5. The number of hydrogen-bond acceptors (Lipinski definition) is 2. The number of fused-ring (bicyclic) bond motifs is 2. The summed E-state index contributed by atoms with van der Waals surface area (Å²) in [4.78, 5) is 0. The van der Waals surface area contributed by atoms with Gasteiger partial charge in [0.05, 0.1) is 14.2 Å². The molecule has 0 fully saturated rings. The fourth-order valence-electron chi connectivity index (χ4n) is 4.34. The number of methoxy groups -OCH3 is 2. The third kappa shape index (κ3) is 4.31. The van der Waals surface area contributed by atoms with E-state index in [0.29, 0.717) is 0 Å². The minimum Gasteiger partial charge on any atom is -0.497 e. The Balaban J connectivity index is 1.64. The van der Waals surface area contributed by atoms with Crippen LogP contribution >= 0.6 is 0 Å². The largest absolute Gasteiger partial charge is 0.497 e. The molecule has 0 unspecified atom stereocenters. The fourth-order valence-corrected chi connectivity index (χ4v) is 4.34. The van der Waals surface area contributed by atoms with Gasteiger partial charge in [0, 0.05) is 0 Å². The highest BCUT2D eigenvalue weighted by molar-refractivity contribution is 6.14. The minimum atomic E-state index is 0.862. The Morgan fingerprint density at radius 3 is 1.03 bits per heavy atom. The SMILES string of the molecule is COc1ccc(/C=C/c2c3ccccc3c(/C=C/c3ccc(OC)cc3)c3ccccc23)cc1. The smallest absolute Gasteiger partial charge is 0.118 e. The predicted octanol–water partition coefficient (Wildman–Crippen LogP) is 8.35. The van der Waals surface area contributed by atoms with Gasteiger partial charge in [-0.25, -0.2) is 0 Å².